The Hall–Kier alpha value is -1.14. The monoisotopic (exact) mass is 241 g/mol. The second-order valence-electron chi connectivity index (χ2n) is 4.45. The SMILES string of the molecule is NCCNC(=O)C(=O)N1CCOC2CCCC21. The summed E-state index contributed by atoms with van der Waals surface area (Å²) >= 11 is 0. The lowest BCUT2D eigenvalue weighted by Gasteiger charge is -2.37. The van der Waals surface area contributed by atoms with Crippen LogP contribution >= 0.6 is 0 Å². The number of carbonyl (C=O) groups is 2. The van der Waals surface area contributed by atoms with E-state index in [1.165, 1.54) is 0 Å². The molecule has 1 heterocycles. The third-order valence-corrected chi connectivity index (χ3v) is 3.37. The molecule has 2 amide bonds. The molecule has 0 aromatic rings. The molecule has 0 spiro atoms. The zero-order valence-electron chi connectivity index (χ0n) is 9.85. The fraction of sp³-hybridized carbons (Fsp3) is 0.818. The van der Waals surface area contributed by atoms with Crippen LogP contribution < -0.4 is 11.1 Å². The molecular weight excluding hydrogens is 222 g/mol. The first-order chi connectivity index (χ1) is 8.24. The Balaban J connectivity index is 1.95. The highest BCUT2D eigenvalue weighted by Gasteiger charge is 2.39. The molecule has 2 rings (SSSR count). The average molecular weight is 241 g/mol. The summed E-state index contributed by atoms with van der Waals surface area (Å²) < 4.78 is 5.60. The molecule has 0 bridgehead atoms. The van der Waals surface area contributed by atoms with Gasteiger partial charge in [0.1, 0.15) is 0 Å². The van der Waals surface area contributed by atoms with E-state index in [4.69, 9.17) is 10.5 Å². The molecule has 2 fully saturated rings. The predicted molar refractivity (Wildman–Crippen MR) is 61.2 cm³/mol. The van der Waals surface area contributed by atoms with Crippen molar-refractivity contribution in [3.8, 4) is 0 Å². The van der Waals surface area contributed by atoms with E-state index in [1.807, 2.05) is 0 Å². The van der Waals surface area contributed by atoms with Crippen molar-refractivity contribution >= 4 is 11.8 Å². The molecule has 2 atom stereocenters. The highest BCUT2D eigenvalue weighted by Crippen LogP contribution is 2.29. The zero-order valence-corrected chi connectivity index (χ0v) is 9.85. The first-order valence-electron chi connectivity index (χ1n) is 6.14. The zero-order chi connectivity index (χ0) is 12.3. The lowest BCUT2D eigenvalue weighted by Crippen LogP contribution is -2.55. The van der Waals surface area contributed by atoms with Gasteiger partial charge in [-0.2, -0.15) is 0 Å². The highest BCUT2D eigenvalue weighted by atomic mass is 16.5. The van der Waals surface area contributed by atoms with E-state index >= 15 is 0 Å². The Morgan fingerprint density at radius 3 is 3.00 bits per heavy atom. The molecule has 1 saturated heterocycles. The number of fused-ring (bicyclic) bond motifs is 1. The smallest absolute Gasteiger partial charge is 0.312 e. The standard InChI is InChI=1S/C11H19N3O3/c12-4-5-13-10(15)11(16)14-6-7-17-9-3-1-2-8(9)14/h8-9H,1-7,12H2,(H,13,15). The van der Waals surface area contributed by atoms with Gasteiger partial charge in [-0.15, -0.1) is 0 Å². The van der Waals surface area contributed by atoms with Crippen LogP contribution in [0.2, 0.25) is 0 Å². The Labute approximate surface area is 100 Å². The number of morpholine rings is 1. The Bertz CT molecular complexity index is 308. The van der Waals surface area contributed by atoms with Crippen LogP contribution in [0.25, 0.3) is 0 Å². The number of amides is 2. The van der Waals surface area contributed by atoms with Crippen molar-refractivity contribution in [1.82, 2.24) is 10.2 Å². The van der Waals surface area contributed by atoms with E-state index in [0.29, 0.717) is 26.2 Å². The van der Waals surface area contributed by atoms with Gasteiger partial charge in [-0.3, -0.25) is 9.59 Å². The lowest BCUT2D eigenvalue weighted by atomic mass is 10.1. The molecule has 6 heteroatoms. The molecule has 0 aromatic heterocycles. The van der Waals surface area contributed by atoms with Crippen LogP contribution in [-0.2, 0) is 14.3 Å². The maximum Gasteiger partial charge on any atom is 0.312 e. The molecular formula is C11H19N3O3. The summed E-state index contributed by atoms with van der Waals surface area (Å²) in [6.07, 6.45) is 3.10. The topological polar surface area (TPSA) is 84.7 Å². The Morgan fingerprint density at radius 1 is 1.41 bits per heavy atom. The van der Waals surface area contributed by atoms with Crippen LogP contribution in [0.5, 0.6) is 0 Å². The predicted octanol–water partition coefficient (Wildman–Crippen LogP) is -1.16. The van der Waals surface area contributed by atoms with Crippen molar-refractivity contribution in [2.45, 2.75) is 31.4 Å². The maximum atomic E-state index is 12.0. The first kappa shape index (κ1) is 12.3. The third kappa shape index (κ3) is 2.58. The fourth-order valence-electron chi connectivity index (χ4n) is 2.57. The minimum Gasteiger partial charge on any atom is -0.374 e. The van der Waals surface area contributed by atoms with E-state index in [9.17, 15) is 9.59 Å². The summed E-state index contributed by atoms with van der Waals surface area (Å²) in [6, 6.07) is 0.0832. The van der Waals surface area contributed by atoms with Gasteiger partial charge in [0.15, 0.2) is 0 Å². The number of carbonyl (C=O) groups excluding carboxylic acids is 2. The average Bonchev–Trinajstić information content (AvgIpc) is 2.82. The van der Waals surface area contributed by atoms with Gasteiger partial charge < -0.3 is 20.7 Å². The van der Waals surface area contributed by atoms with Crippen LogP contribution in [0.1, 0.15) is 19.3 Å². The van der Waals surface area contributed by atoms with Crippen LogP contribution in [0.3, 0.4) is 0 Å². The van der Waals surface area contributed by atoms with Gasteiger partial charge in [-0.05, 0) is 19.3 Å². The van der Waals surface area contributed by atoms with Gasteiger partial charge in [0.2, 0.25) is 0 Å². The van der Waals surface area contributed by atoms with Crippen molar-refractivity contribution in [2.75, 3.05) is 26.2 Å². The van der Waals surface area contributed by atoms with Crippen molar-refractivity contribution in [2.24, 2.45) is 5.73 Å². The number of ether oxygens (including phenoxy) is 1. The normalized spacial score (nSPS) is 27.7. The summed E-state index contributed by atoms with van der Waals surface area (Å²) in [5, 5.41) is 2.51. The molecule has 2 aliphatic rings. The van der Waals surface area contributed by atoms with E-state index in [1.54, 1.807) is 4.90 Å². The van der Waals surface area contributed by atoms with E-state index in [2.05, 4.69) is 5.32 Å². The Morgan fingerprint density at radius 2 is 2.24 bits per heavy atom. The largest absolute Gasteiger partial charge is 0.374 e. The number of nitrogens with zero attached hydrogens (tertiary/aromatic N) is 1. The third-order valence-electron chi connectivity index (χ3n) is 3.37. The van der Waals surface area contributed by atoms with Crippen molar-refractivity contribution in [1.29, 1.82) is 0 Å². The van der Waals surface area contributed by atoms with Crippen LogP contribution in [-0.4, -0.2) is 55.1 Å². The highest BCUT2D eigenvalue weighted by molar-refractivity contribution is 6.35. The molecule has 1 aliphatic heterocycles. The summed E-state index contributed by atoms with van der Waals surface area (Å²) in [5.74, 6) is -0.998. The maximum absolute atomic E-state index is 12.0. The number of hydrogen-bond acceptors (Lipinski definition) is 4. The second-order valence-corrected chi connectivity index (χ2v) is 4.45. The van der Waals surface area contributed by atoms with Gasteiger partial charge in [0.25, 0.3) is 0 Å². The van der Waals surface area contributed by atoms with Crippen molar-refractivity contribution in [3.63, 3.8) is 0 Å². The minimum absolute atomic E-state index is 0.0832. The minimum atomic E-state index is -0.553. The number of nitrogens with one attached hydrogen (secondary N) is 1. The molecule has 6 nitrogen and oxygen atoms in total. The molecule has 2 unspecified atom stereocenters. The van der Waals surface area contributed by atoms with Gasteiger partial charge in [0.05, 0.1) is 18.8 Å². The van der Waals surface area contributed by atoms with Gasteiger partial charge in [-0.1, -0.05) is 0 Å². The Kier molecular flexibility index (Phi) is 3.96. The van der Waals surface area contributed by atoms with Gasteiger partial charge >= 0.3 is 11.8 Å². The van der Waals surface area contributed by atoms with Crippen molar-refractivity contribution < 1.29 is 14.3 Å². The van der Waals surface area contributed by atoms with Crippen LogP contribution in [0.4, 0.5) is 0 Å². The molecule has 0 aromatic carbocycles. The summed E-state index contributed by atoms with van der Waals surface area (Å²) in [7, 11) is 0. The molecule has 96 valence electrons. The summed E-state index contributed by atoms with van der Waals surface area (Å²) in [5.41, 5.74) is 5.28. The van der Waals surface area contributed by atoms with E-state index in [-0.39, 0.29) is 12.1 Å². The molecule has 3 N–H and O–H groups in total. The van der Waals surface area contributed by atoms with Gasteiger partial charge in [-0.25, -0.2) is 0 Å². The number of rotatable bonds is 2. The van der Waals surface area contributed by atoms with Crippen molar-refractivity contribution in [3.05, 3.63) is 0 Å². The second kappa shape index (κ2) is 5.46. The summed E-state index contributed by atoms with van der Waals surface area (Å²) in [4.78, 5) is 25.2. The van der Waals surface area contributed by atoms with E-state index in [0.717, 1.165) is 19.3 Å². The number of hydrogen-bond donors (Lipinski definition) is 2. The first-order valence-corrected chi connectivity index (χ1v) is 6.14. The molecule has 0 radical (unpaired) electrons. The summed E-state index contributed by atoms with van der Waals surface area (Å²) in [6.45, 7) is 1.71. The quantitative estimate of drug-likeness (QED) is 0.597. The van der Waals surface area contributed by atoms with E-state index < -0.39 is 11.8 Å². The molecule has 1 saturated carbocycles. The molecule has 17 heavy (non-hydrogen) atoms. The van der Waals surface area contributed by atoms with Crippen LogP contribution in [0.15, 0.2) is 0 Å². The van der Waals surface area contributed by atoms with Gasteiger partial charge in [0, 0.05) is 19.6 Å². The van der Waals surface area contributed by atoms with Crippen LogP contribution in [0, 0.1) is 0 Å². The fourth-order valence-corrected chi connectivity index (χ4v) is 2.57. The lowest BCUT2D eigenvalue weighted by molar-refractivity contribution is -0.154. The number of nitrogens with two attached hydrogens (primary N) is 1. The molecule has 1 aliphatic carbocycles.